The molecule has 0 saturated heterocycles. The van der Waals surface area contributed by atoms with Gasteiger partial charge in [-0.3, -0.25) is 19.3 Å². The van der Waals surface area contributed by atoms with Crippen molar-refractivity contribution in [3.05, 3.63) is 71.4 Å². The highest BCUT2D eigenvalue weighted by molar-refractivity contribution is 5.99. The molecule has 1 aromatic heterocycles. The quantitative estimate of drug-likeness (QED) is 0.408. The van der Waals surface area contributed by atoms with Gasteiger partial charge in [-0.15, -0.1) is 0 Å². The van der Waals surface area contributed by atoms with Gasteiger partial charge in [0.25, 0.3) is 5.91 Å². The van der Waals surface area contributed by atoms with Crippen molar-refractivity contribution >= 4 is 35.1 Å². The Morgan fingerprint density at radius 1 is 1.19 bits per heavy atom. The highest BCUT2D eigenvalue weighted by Crippen LogP contribution is 2.36. The molecule has 9 heteroatoms. The number of H-pyrrole nitrogens is 1. The van der Waals surface area contributed by atoms with E-state index in [2.05, 4.69) is 10.3 Å². The Hall–Kier alpha value is -4.14. The molecule has 0 aliphatic rings. The lowest BCUT2D eigenvalue weighted by atomic mass is 9.80. The zero-order valence-corrected chi connectivity index (χ0v) is 20.9. The second kappa shape index (κ2) is 10.2. The molecule has 3 aromatic rings. The van der Waals surface area contributed by atoms with Gasteiger partial charge in [-0.1, -0.05) is 42.5 Å². The van der Waals surface area contributed by atoms with Gasteiger partial charge in [0, 0.05) is 36.1 Å². The molecule has 3 rings (SSSR count). The van der Waals surface area contributed by atoms with E-state index in [1.807, 2.05) is 6.07 Å². The van der Waals surface area contributed by atoms with E-state index < -0.39 is 41.4 Å². The van der Waals surface area contributed by atoms with Crippen LogP contribution >= 0.6 is 0 Å². The predicted octanol–water partition coefficient (Wildman–Crippen LogP) is 3.87. The first-order valence-electron chi connectivity index (χ1n) is 11.9. The van der Waals surface area contributed by atoms with E-state index in [0.29, 0.717) is 22.0 Å². The minimum atomic E-state index is -1.74. The smallest absolute Gasteiger partial charge is 0.411 e. The average molecular weight is 495 g/mol. The molecule has 2 aromatic carbocycles. The number of fused-ring (bicyclic) bond motifs is 1. The summed E-state index contributed by atoms with van der Waals surface area (Å²) in [7, 11) is 1.43. The number of aldehydes is 1. The molecule has 2 amide bonds. The van der Waals surface area contributed by atoms with Crippen LogP contribution in [0.3, 0.4) is 0 Å². The van der Waals surface area contributed by atoms with E-state index >= 15 is 0 Å². The molecule has 190 valence electrons. The topological polar surface area (TPSA) is 129 Å². The molecule has 9 nitrogen and oxygen atoms in total. The number of nitrogens with one attached hydrogen (secondary N) is 2. The standard InChI is InChI=1S/C27H31N3O6/c1-17(23(32)33)29-24(34)27(14-18-9-7-6-8-10-18,30(5)25(35)36-26(2,3)4)20-11-12-21-19(16-31)15-28-22(21)13-20/h6-13,15-17,28H,14H2,1-5H3,(H,29,34)(H,32,33)/t17-,27+/m0/s1/i16D. The van der Waals surface area contributed by atoms with E-state index in [1.54, 1.807) is 63.2 Å². The van der Waals surface area contributed by atoms with Crippen molar-refractivity contribution in [2.24, 2.45) is 0 Å². The molecule has 0 spiro atoms. The van der Waals surface area contributed by atoms with Crippen molar-refractivity contribution in [3.8, 4) is 0 Å². The number of aromatic amines is 1. The molecule has 0 aliphatic carbocycles. The van der Waals surface area contributed by atoms with E-state index in [0.717, 1.165) is 0 Å². The summed E-state index contributed by atoms with van der Waals surface area (Å²) in [6, 6.07) is 12.6. The first kappa shape index (κ1) is 25.0. The van der Waals surface area contributed by atoms with Gasteiger partial charge in [0.1, 0.15) is 13.0 Å². The van der Waals surface area contributed by atoms with Crippen molar-refractivity contribution in [1.29, 1.82) is 0 Å². The van der Waals surface area contributed by atoms with Gasteiger partial charge >= 0.3 is 12.1 Å². The maximum atomic E-state index is 14.0. The number of aromatic nitrogens is 1. The van der Waals surface area contributed by atoms with Crippen LogP contribution in [0.1, 0.15) is 50.6 Å². The van der Waals surface area contributed by atoms with E-state index in [-0.39, 0.29) is 12.0 Å². The van der Waals surface area contributed by atoms with E-state index in [4.69, 9.17) is 6.11 Å². The SMILES string of the molecule is [2H]C(=O)c1c[nH]c2cc([C@](Cc3ccccc3)(C(=O)N[C@@H](C)C(=O)O)N(C)C(=O)OC(C)(C)C)ccc12. The van der Waals surface area contributed by atoms with Gasteiger partial charge in [0.2, 0.25) is 0 Å². The summed E-state index contributed by atoms with van der Waals surface area (Å²) in [5, 5.41) is 12.5. The third-order valence-electron chi connectivity index (χ3n) is 5.91. The summed E-state index contributed by atoms with van der Waals surface area (Å²) >= 11 is 0. The van der Waals surface area contributed by atoms with Crippen LogP contribution in [-0.2, 0) is 26.3 Å². The molecule has 0 fully saturated rings. The number of carboxylic acids is 1. The molecular formula is C27H31N3O6. The Morgan fingerprint density at radius 2 is 1.86 bits per heavy atom. The maximum Gasteiger partial charge on any atom is 0.411 e. The number of likely N-dealkylation sites (N-methyl/N-ethyl adjacent to an activating group) is 1. The number of hydrogen-bond donors (Lipinski definition) is 3. The number of carbonyl (C=O) groups excluding carboxylic acids is 3. The third kappa shape index (κ3) is 5.40. The monoisotopic (exact) mass is 494 g/mol. The van der Waals surface area contributed by atoms with Gasteiger partial charge in [-0.25, -0.2) is 4.79 Å². The van der Waals surface area contributed by atoms with Crippen LogP contribution < -0.4 is 5.32 Å². The number of carbonyl (C=O) groups is 4. The number of ether oxygens (including phenoxy) is 1. The van der Waals surface area contributed by atoms with Gasteiger partial charge in [-0.05, 0) is 44.9 Å². The minimum Gasteiger partial charge on any atom is -0.480 e. The molecule has 3 N–H and O–H groups in total. The number of nitrogens with zero attached hydrogens (tertiary/aromatic N) is 1. The zero-order valence-electron chi connectivity index (χ0n) is 21.9. The van der Waals surface area contributed by atoms with Crippen molar-refractivity contribution in [3.63, 3.8) is 0 Å². The Balaban J connectivity index is 2.28. The van der Waals surface area contributed by atoms with E-state index in [9.17, 15) is 24.3 Å². The van der Waals surface area contributed by atoms with Crippen LogP contribution in [0.15, 0.2) is 54.7 Å². The molecular weight excluding hydrogens is 462 g/mol. The average Bonchev–Trinajstić information content (AvgIpc) is 3.25. The van der Waals surface area contributed by atoms with Crippen LogP contribution in [0.5, 0.6) is 0 Å². The lowest BCUT2D eigenvalue weighted by molar-refractivity contribution is -0.144. The number of benzene rings is 2. The minimum absolute atomic E-state index is 0.00178. The zero-order chi connectivity index (χ0) is 27.5. The Labute approximate surface area is 210 Å². The number of hydrogen-bond acceptors (Lipinski definition) is 5. The Morgan fingerprint density at radius 3 is 2.44 bits per heavy atom. The van der Waals surface area contributed by atoms with Crippen molar-refractivity contribution in [2.75, 3.05) is 7.05 Å². The van der Waals surface area contributed by atoms with Gasteiger partial charge < -0.3 is 20.1 Å². The molecule has 1 heterocycles. The number of rotatable bonds is 8. The molecule has 36 heavy (non-hydrogen) atoms. The summed E-state index contributed by atoms with van der Waals surface area (Å²) in [6.07, 6.45) is -0.242. The molecule has 0 saturated carbocycles. The fourth-order valence-electron chi connectivity index (χ4n) is 4.00. The van der Waals surface area contributed by atoms with Crippen molar-refractivity contribution < 1.29 is 30.4 Å². The Bertz CT molecular complexity index is 1330. The lowest BCUT2D eigenvalue weighted by Gasteiger charge is -2.42. The normalized spacial score (nSPS) is 14.3. The molecule has 0 bridgehead atoms. The summed E-state index contributed by atoms with van der Waals surface area (Å²) in [5.74, 6) is -1.96. The summed E-state index contributed by atoms with van der Waals surface area (Å²) in [6.45, 7) is 6.44. The summed E-state index contributed by atoms with van der Waals surface area (Å²) in [4.78, 5) is 54.9. The Kier molecular flexibility index (Phi) is 7.10. The predicted molar refractivity (Wildman–Crippen MR) is 135 cm³/mol. The van der Waals surface area contributed by atoms with E-state index in [1.165, 1.54) is 25.1 Å². The molecule has 0 aliphatic heterocycles. The lowest BCUT2D eigenvalue weighted by Crippen LogP contribution is -2.60. The van der Waals surface area contributed by atoms with Crippen LogP contribution in [0, 0.1) is 0 Å². The number of carboxylic acid groups (broad SMARTS) is 1. The first-order chi connectivity index (χ1) is 17.3. The molecule has 2 atom stereocenters. The van der Waals surface area contributed by atoms with Crippen molar-refractivity contribution in [2.45, 2.75) is 51.3 Å². The van der Waals surface area contributed by atoms with Crippen LogP contribution in [-0.4, -0.2) is 57.9 Å². The largest absolute Gasteiger partial charge is 0.480 e. The highest BCUT2D eigenvalue weighted by atomic mass is 16.6. The van der Waals surface area contributed by atoms with Gasteiger partial charge in [0.15, 0.2) is 11.8 Å². The maximum absolute atomic E-state index is 14.0. The fraction of sp³-hybridized carbons (Fsp3) is 0.333. The second-order valence-corrected chi connectivity index (χ2v) is 9.66. The van der Waals surface area contributed by atoms with Gasteiger partial charge in [-0.2, -0.15) is 0 Å². The van der Waals surface area contributed by atoms with Gasteiger partial charge in [0.05, 0.1) is 0 Å². The number of aliphatic carboxylic acids is 1. The van der Waals surface area contributed by atoms with Crippen LogP contribution in [0.25, 0.3) is 10.9 Å². The van der Waals surface area contributed by atoms with Crippen molar-refractivity contribution in [1.82, 2.24) is 15.2 Å². The highest BCUT2D eigenvalue weighted by Gasteiger charge is 2.48. The summed E-state index contributed by atoms with van der Waals surface area (Å²) in [5.41, 5.74) is -0.885. The third-order valence-corrected chi connectivity index (χ3v) is 5.91. The first-order valence-corrected chi connectivity index (χ1v) is 11.4. The molecule has 0 unspecified atom stereocenters. The second-order valence-electron chi connectivity index (χ2n) is 9.66. The molecule has 0 radical (unpaired) electrons. The summed E-state index contributed by atoms with van der Waals surface area (Å²) < 4.78 is 13.1. The van der Waals surface area contributed by atoms with Crippen LogP contribution in [0.4, 0.5) is 4.79 Å². The van der Waals surface area contributed by atoms with Crippen LogP contribution in [0.2, 0.25) is 0 Å². The fourth-order valence-corrected chi connectivity index (χ4v) is 4.00. The number of amides is 2.